The number of hydrogen-bond acceptors (Lipinski definition) is 4. The summed E-state index contributed by atoms with van der Waals surface area (Å²) in [4.78, 5) is 17.1. The molecule has 1 amide bonds. The molecule has 1 heterocycles. The number of hydrogen-bond donors (Lipinski definition) is 0. The Kier molecular flexibility index (Phi) is 6.83. The van der Waals surface area contributed by atoms with Crippen LogP contribution in [-0.2, 0) is 10.0 Å². The molecule has 1 aliphatic heterocycles. The Bertz CT molecular complexity index is 1240. The summed E-state index contributed by atoms with van der Waals surface area (Å²) >= 11 is 12.0. The summed E-state index contributed by atoms with van der Waals surface area (Å²) in [6, 6.07) is 20.3. The lowest BCUT2D eigenvalue weighted by molar-refractivity contribution is 0.0747. The zero-order valence-electron chi connectivity index (χ0n) is 18.0. The van der Waals surface area contributed by atoms with Crippen LogP contribution in [-0.4, -0.2) is 52.5 Å². The van der Waals surface area contributed by atoms with Gasteiger partial charge in [-0.25, -0.2) is 8.42 Å². The second-order valence-corrected chi connectivity index (χ2v) is 10.6. The SMILES string of the molecule is CN(c1ccc(C(=O)N2CCN(c3cccc(Cl)c3)CC2)cc1)S(=O)(=O)c1ccc(Cl)cc1. The predicted molar refractivity (Wildman–Crippen MR) is 133 cm³/mol. The van der Waals surface area contributed by atoms with Gasteiger partial charge >= 0.3 is 0 Å². The molecular weight excluding hydrogens is 481 g/mol. The third-order valence-corrected chi connectivity index (χ3v) is 7.98. The van der Waals surface area contributed by atoms with E-state index in [2.05, 4.69) is 4.90 Å². The van der Waals surface area contributed by atoms with Crippen molar-refractivity contribution in [2.45, 2.75) is 4.90 Å². The average Bonchev–Trinajstić information content (AvgIpc) is 2.83. The van der Waals surface area contributed by atoms with Gasteiger partial charge in [0.25, 0.3) is 15.9 Å². The molecule has 0 aliphatic carbocycles. The third kappa shape index (κ3) is 5.11. The van der Waals surface area contributed by atoms with Crippen LogP contribution in [0.4, 0.5) is 11.4 Å². The molecule has 1 fully saturated rings. The molecular formula is C24H23Cl2N3O3S. The summed E-state index contributed by atoms with van der Waals surface area (Å²) in [7, 11) is -2.25. The first-order chi connectivity index (χ1) is 15.8. The van der Waals surface area contributed by atoms with E-state index in [0.717, 1.165) is 5.69 Å². The Morgan fingerprint density at radius 1 is 0.848 bits per heavy atom. The van der Waals surface area contributed by atoms with Crippen molar-refractivity contribution >= 4 is 50.5 Å². The third-order valence-electron chi connectivity index (χ3n) is 5.69. The lowest BCUT2D eigenvalue weighted by atomic mass is 10.1. The second-order valence-electron chi connectivity index (χ2n) is 7.73. The number of sulfonamides is 1. The maximum atomic E-state index is 13.0. The molecule has 1 aliphatic rings. The summed E-state index contributed by atoms with van der Waals surface area (Å²) in [5.41, 5.74) is 2.03. The molecule has 9 heteroatoms. The Morgan fingerprint density at radius 3 is 2.09 bits per heavy atom. The van der Waals surface area contributed by atoms with Gasteiger partial charge in [0.1, 0.15) is 0 Å². The molecule has 172 valence electrons. The van der Waals surface area contributed by atoms with Gasteiger partial charge in [-0.2, -0.15) is 0 Å². The maximum Gasteiger partial charge on any atom is 0.264 e. The Morgan fingerprint density at radius 2 is 1.48 bits per heavy atom. The normalized spacial score (nSPS) is 14.3. The molecule has 6 nitrogen and oxygen atoms in total. The van der Waals surface area contributed by atoms with Crippen LogP contribution in [0.1, 0.15) is 10.4 Å². The number of carbonyl (C=O) groups excluding carboxylic acids is 1. The Labute approximate surface area is 204 Å². The lowest BCUT2D eigenvalue weighted by Crippen LogP contribution is -2.48. The number of halogens is 2. The van der Waals surface area contributed by atoms with Crippen LogP contribution >= 0.6 is 23.2 Å². The molecule has 0 N–H and O–H groups in total. The minimum Gasteiger partial charge on any atom is -0.368 e. The summed E-state index contributed by atoms with van der Waals surface area (Å²) in [6.45, 7) is 2.62. The average molecular weight is 504 g/mol. The van der Waals surface area contributed by atoms with Crippen molar-refractivity contribution < 1.29 is 13.2 Å². The summed E-state index contributed by atoms with van der Waals surface area (Å²) in [5, 5.41) is 1.15. The standard InChI is InChI=1S/C24H23Cl2N3O3S/c1-27(33(31,32)23-11-7-19(25)8-12-23)21-9-5-18(6-10-21)24(30)29-15-13-28(14-16-29)22-4-2-3-20(26)17-22/h2-12,17H,13-16H2,1H3. The highest BCUT2D eigenvalue weighted by atomic mass is 35.5. The molecule has 4 rings (SSSR count). The summed E-state index contributed by atoms with van der Waals surface area (Å²) in [5.74, 6) is -0.0736. The number of nitrogens with zero attached hydrogens (tertiary/aromatic N) is 3. The molecule has 1 saturated heterocycles. The predicted octanol–water partition coefficient (Wildman–Crippen LogP) is 4.78. The zero-order chi connectivity index (χ0) is 23.6. The highest BCUT2D eigenvalue weighted by Crippen LogP contribution is 2.25. The van der Waals surface area contributed by atoms with E-state index in [9.17, 15) is 13.2 Å². The van der Waals surface area contributed by atoms with E-state index in [1.54, 1.807) is 24.3 Å². The van der Waals surface area contributed by atoms with E-state index >= 15 is 0 Å². The van der Waals surface area contributed by atoms with Crippen molar-refractivity contribution in [3.63, 3.8) is 0 Å². The van der Waals surface area contributed by atoms with Crippen LogP contribution < -0.4 is 9.21 Å². The fraction of sp³-hybridized carbons (Fsp3) is 0.208. The Hall–Kier alpha value is -2.74. The van der Waals surface area contributed by atoms with Crippen LogP contribution in [0.2, 0.25) is 10.0 Å². The fourth-order valence-electron chi connectivity index (χ4n) is 3.74. The van der Waals surface area contributed by atoms with E-state index < -0.39 is 10.0 Å². The molecule has 0 radical (unpaired) electrons. The van der Waals surface area contributed by atoms with Crippen molar-refractivity contribution in [1.82, 2.24) is 4.90 Å². The lowest BCUT2D eigenvalue weighted by Gasteiger charge is -2.36. The molecule has 0 aromatic heterocycles. The fourth-order valence-corrected chi connectivity index (χ4v) is 5.25. The highest BCUT2D eigenvalue weighted by molar-refractivity contribution is 7.92. The largest absolute Gasteiger partial charge is 0.368 e. The van der Waals surface area contributed by atoms with Crippen molar-refractivity contribution in [2.75, 3.05) is 42.4 Å². The highest BCUT2D eigenvalue weighted by Gasteiger charge is 2.24. The van der Waals surface area contributed by atoms with Crippen LogP contribution in [0.3, 0.4) is 0 Å². The number of anilines is 2. The number of carbonyl (C=O) groups is 1. The molecule has 33 heavy (non-hydrogen) atoms. The van der Waals surface area contributed by atoms with Crippen molar-refractivity contribution in [3.8, 4) is 0 Å². The molecule has 0 bridgehead atoms. The zero-order valence-corrected chi connectivity index (χ0v) is 20.3. The van der Waals surface area contributed by atoms with Gasteiger partial charge in [0.15, 0.2) is 0 Å². The molecule has 0 atom stereocenters. The minimum absolute atomic E-state index is 0.0736. The molecule has 0 unspecified atom stereocenters. The van der Waals surface area contributed by atoms with Gasteiger partial charge < -0.3 is 9.80 Å². The number of piperazine rings is 1. The van der Waals surface area contributed by atoms with Crippen LogP contribution in [0.25, 0.3) is 0 Å². The number of benzene rings is 3. The number of amides is 1. The van der Waals surface area contributed by atoms with E-state index in [1.165, 1.54) is 35.6 Å². The molecule has 0 spiro atoms. The second kappa shape index (κ2) is 9.63. The van der Waals surface area contributed by atoms with Gasteiger partial charge in [0.2, 0.25) is 0 Å². The van der Waals surface area contributed by atoms with E-state index in [0.29, 0.717) is 47.5 Å². The summed E-state index contributed by atoms with van der Waals surface area (Å²) < 4.78 is 26.9. The van der Waals surface area contributed by atoms with Crippen molar-refractivity contribution in [3.05, 3.63) is 88.4 Å². The quantitative estimate of drug-likeness (QED) is 0.502. The summed E-state index contributed by atoms with van der Waals surface area (Å²) in [6.07, 6.45) is 0. The van der Waals surface area contributed by atoms with Crippen LogP contribution in [0.15, 0.2) is 77.7 Å². The minimum atomic E-state index is -3.73. The van der Waals surface area contributed by atoms with Gasteiger partial charge in [-0.3, -0.25) is 9.10 Å². The van der Waals surface area contributed by atoms with Crippen LogP contribution in [0, 0.1) is 0 Å². The van der Waals surface area contributed by atoms with Gasteiger partial charge in [0, 0.05) is 54.5 Å². The van der Waals surface area contributed by atoms with Crippen molar-refractivity contribution in [2.24, 2.45) is 0 Å². The first-order valence-electron chi connectivity index (χ1n) is 10.4. The smallest absolute Gasteiger partial charge is 0.264 e. The van der Waals surface area contributed by atoms with E-state index in [4.69, 9.17) is 23.2 Å². The van der Waals surface area contributed by atoms with Gasteiger partial charge in [-0.1, -0.05) is 29.3 Å². The first-order valence-corrected chi connectivity index (χ1v) is 12.6. The maximum absolute atomic E-state index is 13.0. The topological polar surface area (TPSA) is 60.9 Å². The first kappa shape index (κ1) is 23.4. The molecule has 3 aromatic carbocycles. The van der Waals surface area contributed by atoms with E-state index in [1.807, 2.05) is 29.2 Å². The van der Waals surface area contributed by atoms with Gasteiger partial charge in [-0.15, -0.1) is 0 Å². The number of rotatable bonds is 5. The van der Waals surface area contributed by atoms with Crippen molar-refractivity contribution in [1.29, 1.82) is 0 Å². The van der Waals surface area contributed by atoms with Crippen LogP contribution in [0.5, 0.6) is 0 Å². The monoisotopic (exact) mass is 503 g/mol. The van der Waals surface area contributed by atoms with Gasteiger partial charge in [-0.05, 0) is 66.7 Å². The Balaban J connectivity index is 1.42. The molecule has 0 saturated carbocycles. The molecule has 3 aromatic rings. The van der Waals surface area contributed by atoms with E-state index in [-0.39, 0.29) is 10.8 Å². The van der Waals surface area contributed by atoms with Gasteiger partial charge in [0.05, 0.1) is 10.6 Å².